The van der Waals surface area contributed by atoms with Crippen molar-refractivity contribution in [3.05, 3.63) is 16.1 Å². The second kappa shape index (κ2) is 2.91. The molecule has 0 aliphatic heterocycles. The van der Waals surface area contributed by atoms with E-state index in [1.807, 2.05) is 26.2 Å². The Bertz CT molecular complexity index is 242. The van der Waals surface area contributed by atoms with Gasteiger partial charge in [0.25, 0.3) is 0 Å². The first-order valence-corrected chi connectivity index (χ1v) is 4.42. The van der Waals surface area contributed by atoms with Gasteiger partial charge < -0.3 is 4.74 Å². The van der Waals surface area contributed by atoms with Crippen molar-refractivity contribution >= 4 is 11.3 Å². The van der Waals surface area contributed by atoms with Crippen LogP contribution in [0.5, 0.6) is 0 Å². The number of thiazole rings is 1. The van der Waals surface area contributed by atoms with E-state index in [9.17, 15) is 0 Å². The molecule has 0 bridgehead atoms. The van der Waals surface area contributed by atoms with Crippen LogP contribution in [0.4, 0.5) is 0 Å². The zero-order valence-corrected chi connectivity index (χ0v) is 8.16. The normalized spacial score (nSPS) is 12.0. The van der Waals surface area contributed by atoms with Gasteiger partial charge in [-0.3, -0.25) is 0 Å². The molecule has 1 aromatic rings. The highest BCUT2D eigenvalue weighted by Crippen LogP contribution is 2.26. The quantitative estimate of drug-likeness (QED) is 0.681. The van der Waals surface area contributed by atoms with E-state index in [2.05, 4.69) is 4.98 Å². The van der Waals surface area contributed by atoms with E-state index >= 15 is 0 Å². The van der Waals surface area contributed by atoms with Crippen molar-refractivity contribution in [1.29, 1.82) is 0 Å². The number of hydrogen-bond acceptors (Lipinski definition) is 3. The Morgan fingerprint density at radius 3 is 2.55 bits per heavy atom. The van der Waals surface area contributed by atoms with Gasteiger partial charge in [-0.25, -0.2) is 4.98 Å². The highest BCUT2D eigenvalue weighted by molar-refractivity contribution is 7.09. The summed E-state index contributed by atoms with van der Waals surface area (Å²) in [5, 5.41) is 3.08. The lowest BCUT2D eigenvalue weighted by atomic mass is 10.1. The van der Waals surface area contributed by atoms with Crippen LogP contribution in [0.3, 0.4) is 0 Å². The molecule has 0 unspecified atom stereocenters. The van der Waals surface area contributed by atoms with Crippen LogP contribution in [0.2, 0.25) is 0 Å². The highest BCUT2D eigenvalue weighted by Gasteiger charge is 2.22. The maximum atomic E-state index is 5.28. The van der Waals surface area contributed by atoms with Crippen molar-refractivity contribution in [2.75, 3.05) is 7.11 Å². The maximum absolute atomic E-state index is 5.28. The van der Waals surface area contributed by atoms with E-state index in [1.165, 1.54) is 0 Å². The zero-order valence-electron chi connectivity index (χ0n) is 7.34. The van der Waals surface area contributed by atoms with Crippen molar-refractivity contribution in [2.45, 2.75) is 26.4 Å². The van der Waals surface area contributed by atoms with Crippen LogP contribution in [0, 0.1) is 6.92 Å². The summed E-state index contributed by atoms with van der Waals surface area (Å²) < 4.78 is 5.28. The minimum Gasteiger partial charge on any atom is -0.372 e. The molecule has 0 aliphatic rings. The fourth-order valence-corrected chi connectivity index (χ4v) is 1.62. The molecule has 0 saturated heterocycles. The summed E-state index contributed by atoms with van der Waals surface area (Å²) in [7, 11) is 1.71. The standard InChI is InChI=1S/C8H13NOS/c1-6-5-11-7(9-6)8(2,3)10-4/h5H,1-4H3. The van der Waals surface area contributed by atoms with Crippen LogP contribution < -0.4 is 0 Å². The van der Waals surface area contributed by atoms with Crippen LogP contribution in [-0.4, -0.2) is 12.1 Å². The van der Waals surface area contributed by atoms with Gasteiger partial charge in [-0.05, 0) is 20.8 Å². The lowest BCUT2D eigenvalue weighted by Gasteiger charge is -2.19. The van der Waals surface area contributed by atoms with Crippen LogP contribution in [0.25, 0.3) is 0 Å². The van der Waals surface area contributed by atoms with Gasteiger partial charge in [0.15, 0.2) is 0 Å². The first kappa shape index (κ1) is 8.68. The van der Waals surface area contributed by atoms with E-state index in [-0.39, 0.29) is 5.60 Å². The summed E-state index contributed by atoms with van der Waals surface area (Å²) in [6.07, 6.45) is 0. The average Bonchev–Trinajstić information content (AvgIpc) is 2.36. The van der Waals surface area contributed by atoms with Gasteiger partial charge in [0, 0.05) is 18.2 Å². The SMILES string of the molecule is COC(C)(C)c1nc(C)cs1. The van der Waals surface area contributed by atoms with Gasteiger partial charge in [-0.1, -0.05) is 0 Å². The second-order valence-electron chi connectivity index (χ2n) is 3.01. The van der Waals surface area contributed by atoms with Crippen molar-refractivity contribution in [2.24, 2.45) is 0 Å². The first-order chi connectivity index (χ1) is 5.06. The van der Waals surface area contributed by atoms with E-state index in [0.717, 1.165) is 10.7 Å². The molecule has 1 aromatic heterocycles. The number of aromatic nitrogens is 1. The molecule has 0 atom stereocenters. The fraction of sp³-hybridized carbons (Fsp3) is 0.625. The molecule has 62 valence electrons. The van der Waals surface area contributed by atoms with Crippen LogP contribution >= 0.6 is 11.3 Å². The monoisotopic (exact) mass is 171 g/mol. The fourth-order valence-electron chi connectivity index (χ4n) is 0.718. The predicted molar refractivity (Wildman–Crippen MR) is 46.9 cm³/mol. The largest absolute Gasteiger partial charge is 0.372 e. The van der Waals surface area contributed by atoms with Gasteiger partial charge in [0.1, 0.15) is 10.6 Å². The Morgan fingerprint density at radius 2 is 2.18 bits per heavy atom. The van der Waals surface area contributed by atoms with Crippen LogP contribution in [0.1, 0.15) is 24.5 Å². The molecule has 0 aliphatic carbocycles. The van der Waals surface area contributed by atoms with E-state index in [4.69, 9.17) is 4.74 Å². The molecule has 0 fully saturated rings. The third-order valence-electron chi connectivity index (χ3n) is 1.64. The maximum Gasteiger partial charge on any atom is 0.124 e. The molecular formula is C8H13NOS. The molecule has 0 radical (unpaired) electrons. The number of nitrogens with zero attached hydrogens (tertiary/aromatic N) is 1. The first-order valence-electron chi connectivity index (χ1n) is 3.54. The molecule has 0 spiro atoms. The molecule has 1 rings (SSSR count). The van der Waals surface area contributed by atoms with Gasteiger partial charge in [0.05, 0.1) is 0 Å². The summed E-state index contributed by atoms with van der Waals surface area (Å²) in [5.74, 6) is 0. The van der Waals surface area contributed by atoms with Crippen molar-refractivity contribution in [3.63, 3.8) is 0 Å². The van der Waals surface area contributed by atoms with Gasteiger partial charge >= 0.3 is 0 Å². The van der Waals surface area contributed by atoms with Gasteiger partial charge in [-0.2, -0.15) is 0 Å². The number of hydrogen-bond donors (Lipinski definition) is 0. The smallest absolute Gasteiger partial charge is 0.124 e. The Balaban J connectivity index is 2.92. The van der Waals surface area contributed by atoms with Crippen molar-refractivity contribution in [1.82, 2.24) is 4.98 Å². The topological polar surface area (TPSA) is 22.1 Å². The van der Waals surface area contributed by atoms with Crippen molar-refractivity contribution < 1.29 is 4.74 Å². The Kier molecular flexibility index (Phi) is 2.30. The lowest BCUT2D eigenvalue weighted by molar-refractivity contribution is 0.0189. The molecule has 11 heavy (non-hydrogen) atoms. The van der Waals surface area contributed by atoms with Crippen LogP contribution in [-0.2, 0) is 10.3 Å². The van der Waals surface area contributed by atoms with Gasteiger partial charge in [-0.15, -0.1) is 11.3 Å². The molecular weight excluding hydrogens is 158 g/mol. The number of methoxy groups -OCH3 is 1. The van der Waals surface area contributed by atoms with E-state index < -0.39 is 0 Å². The average molecular weight is 171 g/mol. The number of rotatable bonds is 2. The zero-order chi connectivity index (χ0) is 8.48. The Labute approximate surface area is 71.2 Å². The number of ether oxygens (including phenoxy) is 1. The summed E-state index contributed by atoms with van der Waals surface area (Å²) in [4.78, 5) is 4.35. The Morgan fingerprint density at radius 1 is 1.55 bits per heavy atom. The number of aryl methyl sites for hydroxylation is 1. The summed E-state index contributed by atoms with van der Waals surface area (Å²) in [5.41, 5.74) is 0.828. The van der Waals surface area contributed by atoms with E-state index in [1.54, 1.807) is 18.4 Å². The molecule has 3 heteroatoms. The third kappa shape index (κ3) is 1.79. The molecule has 0 saturated carbocycles. The molecule has 1 heterocycles. The van der Waals surface area contributed by atoms with Crippen LogP contribution in [0.15, 0.2) is 5.38 Å². The predicted octanol–water partition coefficient (Wildman–Crippen LogP) is 2.33. The minimum atomic E-state index is -0.237. The molecule has 0 aromatic carbocycles. The molecule has 2 nitrogen and oxygen atoms in total. The highest BCUT2D eigenvalue weighted by atomic mass is 32.1. The third-order valence-corrected chi connectivity index (χ3v) is 2.91. The second-order valence-corrected chi connectivity index (χ2v) is 3.87. The molecule has 0 N–H and O–H groups in total. The van der Waals surface area contributed by atoms with Gasteiger partial charge in [0.2, 0.25) is 0 Å². The summed E-state index contributed by atoms with van der Waals surface area (Å²) in [6.45, 7) is 6.03. The summed E-state index contributed by atoms with van der Waals surface area (Å²) in [6, 6.07) is 0. The lowest BCUT2D eigenvalue weighted by Crippen LogP contribution is -2.18. The van der Waals surface area contributed by atoms with Crippen molar-refractivity contribution in [3.8, 4) is 0 Å². The Hall–Kier alpha value is -0.410. The minimum absolute atomic E-state index is 0.237. The molecule has 0 amide bonds. The van der Waals surface area contributed by atoms with E-state index in [0.29, 0.717) is 0 Å². The summed E-state index contributed by atoms with van der Waals surface area (Å²) >= 11 is 1.64.